The van der Waals surface area contributed by atoms with Gasteiger partial charge in [-0.1, -0.05) is 0 Å². The number of esters is 1. The Labute approximate surface area is 69.6 Å². The van der Waals surface area contributed by atoms with E-state index in [1.165, 1.54) is 0 Å². The van der Waals surface area contributed by atoms with Gasteiger partial charge in [-0.3, -0.25) is 14.4 Å². The number of Topliss-reactive ketones (excluding diaryl/α,β-unsaturated/α-hetero) is 1. The third kappa shape index (κ3) is 5.40. The molecule has 0 radical (unpaired) electrons. The van der Waals surface area contributed by atoms with E-state index in [2.05, 4.69) is 9.47 Å². The van der Waals surface area contributed by atoms with Crippen molar-refractivity contribution in [1.29, 1.82) is 0 Å². The zero-order chi connectivity index (χ0) is 9.40. The first-order chi connectivity index (χ1) is 5.70. The minimum atomic E-state index is -0.600. The molecule has 68 valence electrons. The van der Waals surface area contributed by atoms with Gasteiger partial charge in [-0.05, 0) is 6.92 Å². The Hall–Kier alpha value is -1.39. The van der Waals surface area contributed by atoms with Crippen molar-refractivity contribution in [1.82, 2.24) is 0 Å². The number of carbonyl (C=O) groups excluding carboxylic acids is 3. The molecule has 5 nitrogen and oxygen atoms in total. The Morgan fingerprint density at radius 1 is 1.42 bits per heavy atom. The second-order valence-corrected chi connectivity index (χ2v) is 1.93. The summed E-state index contributed by atoms with van der Waals surface area (Å²) in [4.78, 5) is 31.0. The maximum absolute atomic E-state index is 10.7. The summed E-state index contributed by atoms with van der Waals surface area (Å²) in [6, 6.07) is 0. The maximum Gasteiger partial charge on any atom is 0.313 e. The zero-order valence-corrected chi connectivity index (χ0v) is 6.74. The van der Waals surface area contributed by atoms with Crippen LogP contribution >= 0.6 is 0 Å². The summed E-state index contributed by atoms with van der Waals surface area (Å²) >= 11 is 0. The molecule has 0 aliphatic heterocycles. The van der Waals surface area contributed by atoms with Gasteiger partial charge in [0.15, 0.2) is 5.78 Å². The van der Waals surface area contributed by atoms with Gasteiger partial charge in [0.05, 0.1) is 6.61 Å². The predicted molar refractivity (Wildman–Crippen MR) is 38.3 cm³/mol. The van der Waals surface area contributed by atoms with Crippen molar-refractivity contribution < 1.29 is 23.9 Å². The molecule has 0 aromatic carbocycles. The van der Waals surface area contributed by atoms with Crippen LogP contribution in [0.3, 0.4) is 0 Å². The lowest BCUT2D eigenvalue weighted by atomic mass is 10.3. The number of rotatable bonds is 6. The first-order valence-corrected chi connectivity index (χ1v) is 3.43. The Bertz CT molecular complexity index is 175. The van der Waals surface area contributed by atoms with Crippen LogP contribution in [0.2, 0.25) is 0 Å². The van der Waals surface area contributed by atoms with E-state index in [1.54, 1.807) is 6.92 Å². The molecule has 0 aromatic heterocycles. The lowest BCUT2D eigenvalue weighted by Gasteiger charge is -1.99. The molecule has 0 saturated carbocycles. The van der Waals surface area contributed by atoms with Gasteiger partial charge in [-0.15, -0.1) is 0 Å². The van der Waals surface area contributed by atoms with Gasteiger partial charge in [0.1, 0.15) is 13.0 Å². The maximum atomic E-state index is 10.7. The van der Waals surface area contributed by atoms with Crippen LogP contribution < -0.4 is 0 Å². The van der Waals surface area contributed by atoms with Crippen LogP contribution in [-0.2, 0) is 23.9 Å². The van der Waals surface area contributed by atoms with Gasteiger partial charge in [0.25, 0.3) is 6.47 Å². The lowest BCUT2D eigenvalue weighted by Crippen LogP contribution is -2.15. The van der Waals surface area contributed by atoms with Crippen LogP contribution in [0.1, 0.15) is 13.3 Å². The van der Waals surface area contributed by atoms with Gasteiger partial charge in [0.2, 0.25) is 0 Å². The highest BCUT2D eigenvalue weighted by atomic mass is 16.5. The Morgan fingerprint density at radius 3 is 2.58 bits per heavy atom. The fourth-order valence-electron chi connectivity index (χ4n) is 0.551. The fourth-order valence-corrected chi connectivity index (χ4v) is 0.551. The minimum Gasteiger partial charge on any atom is -0.466 e. The molecule has 0 unspecified atom stereocenters. The first kappa shape index (κ1) is 10.6. The lowest BCUT2D eigenvalue weighted by molar-refractivity contribution is -0.148. The highest BCUT2D eigenvalue weighted by molar-refractivity contribution is 5.96. The molecule has 0 heterocycles. The standard InChI is InChI=1S/C7H10O5/c1-2-12-7(10)3-6(9)4-11-5-8/h5H,2-4H2,1H3. The highest BCUT2D eigenvalue weighted by Gasteiger charge is 2.09. The minimum absolute atomic E-state index is 0.156. The van der Waals surface area contributed by atoms with Crippen LogP contribution in [0.4, 0.5) is 0 Å². The van der Waals surface area contributed by atoms with E-state index in [-0.39, 0.29) is 26.1 Å². The van der Waals surface area contributed by atoms with Gasteiger partial charge in [-0.2, -0.15) is 0 Å². The smallest absolute Gasteiger partial charge is 0.313 e. The van der Waals surface area contributed by atoms with Crippen molar-refractivity contribution in [3.63, 3.8) is 0 Å². The summed E-state index contributed by atoms with van der Waals surface area (Å²) < 4.78 is 8.63. The van der Waals surface area contributed by atoms with Crippen LogP contribution in [0.25, 0.3) is 0 Å². The summed E-state index contributed by atoms with van der Waals surface area (Å²) in [7, 11) is 0. The SMILES string of the molecule is CCOC(=O)CC(=O)COC=O. The van der Waals surface area contributed by atoms with Crippen molar-refractivity contribution in [2.45, 2.75) is 13.3 Å². The fraction of sp³-hybridized carbons (Fsp3) is 0.571. The third-order valence-electron chi connectivity index (χ3n) is 0.959. The molecule has 0 amide bonds. The normalized spacial score (nSPS) is 8.75. The van der Waals surface area contributed by atoms with Gasteiger partial charge in [-0.25, -0.2) is 0 Å². The summed E-state index contributed by atoms with van der Waals surface area (Å²) in [6.07, 6.45) is -0.346. The number of ketones is 1. The molecule has 0 atom stereocenters. The van der Waals surface area contributed by atoms with Crippen LogP contribution in [0.5, 0.6) is 0 Å². The van der Waals surface area contributed by atoms with Gasteiger partial charge < -0.3 is 9.47 Å². The van der Waals surface area contributed by atoms with Gasteiger partial charge in [0, 0.05) is 0 Å². The zero-order valence-electron chi connectivity index (χ0n) is 6.74. The monoisotopic (exact) mass is 174 g/mol. The molecule has 0 aliphatic carbocycles. The van der Waals surface area contributed by atoms with Crippen molar-refractivity contribution in [2.75, 3.05) is 13.2 Å². The molecular weight excluding hydrogens is 164 g/mol. The van der Waals surface area contributed by atoms with E-state index >= 15 is 0 Å². The molecule has 0 fully saturated rings. The molecule has 0 bridgehead atoms. The van der Waals surface area contributed by atoms with E-state index in [0.717, 1.165) is 0 Å². The van der Waals surface area contributed by atoms with Crippen LogP contribution in [0, 0.1) is 0 Å². The summed E-state index contributed by atoms with van der Waals surface area (Å²) in [6.45, 7) is 1.66. The molecule has 0 N–H and O–H groups in total. The molecule has 5 heteroatoms. The quantitative estimate of drug-likeness (QED) is 0.313. The van der Waals surface area contributed by atoms with Crippen LogP contribution in [-0.4, -0.2) is 31.4 Å². The largest absolute Gasteiger partial charge is 0.466 e. The average Bonchev–Trinajstić information content (AvgIpc) is 2.01. The molecule has 0 aromatic rings. The van der Waals surface area contributed by atoms with Crippen molar-refractivity contribution in [3.05, 3.63) is 0 Å². The number of ether oxygens (including phenoxy) is 2. The van der Waals surface area contributed by atoms with Crippen molar-refractivity contribution >= 4 is 18.2 Å². The molecule has 0 saturated heterocycles. The third-order valence-corrected chi connectivity index (χ3v) is 0.959. The molecular formula is C7H10O5. The number of carbonyl (C=O) groups is 3. The molecule has 12 heavy (non-hydrogen) atoms. The van der Waals surface area contributed by atoms with E-state index < -0.39 is 11.8 Å². The first-order valence-electron chi connectivity index (χ1n) is 3.43. The molecule has 0 spiro atoms. The number of hydrogen-bond acceptors (Lipinski definition) is 5. The van der Waals surface area contributed by atoms with E-state index in [4.69, 9.17) is 0 Å². The topological polar surface area (TPSA) is 69.7 Å². The molecule has 0 aliphatic rings. The van der Waals surface area contributed by atoms with E-state index in [9.17, 15) is 14.4 Å². The Morgan fingerprint density at radius 2 is 2.08 bits per heavy atom. The predicted octanol–water partition coefficient (Wildman–Crippen LogP) is -0.318. The summed E-state index contributed by atoms with van der Waals surface area (Å²) in [5.41, 5.74) is 0. The summed E-state index contributed by atoms with van der Waals surface area (Å²) in [5, 5.41) is 0. The van der Waals surface area contributed by atoms with Gasteiger partial charge >= 0.3 is 5.97 Å². The molecule has 0 rings (SSSR count). The van der Waals surface area contributed by atoms with E-state index in [0.29, 0.717) is 0 Å². The number of hydrogen-bond donors (Lipinski definition) is 0. The van der Waals surface area contributed by atoms with E-state index in [1.807, 2.05) is 0 Å². The average molecular weight is 174 g/mol. The summed E-state index contributed by atoms with van der Waals surface area (Å²) in [5.74, 6) is -1.07. The second kappa shape index (κ2) is 6.33. The Balaban J connectivity index is 3.54. The highest BCUT2D eigenvalue weighted by Crippen LogP contribution is 1.88. The van der Waals surface area contributed by atoms with Crippen molar-refractivity contribution in [3.8, 4) is 0 Å². The van der Waals surface area contributed by atoms with Crippen molar-refractivity contribution in [2.24, 2.45) is 0 Å². The second-order valence-electron chi connectivity index (χ2n) is 1.93. The van der Waals surface area contributed by atoms with Crippen LogP contribution in [0.15, 0.2) is 0 Å². The Kier molecular flexibility index (Phi) is 5.60.